The van der Waals surface area contributed by atoms with Crippen LogP contribution in [-0.2, 0) is 10.1 Å². The molecule has 0 bridgehead atoms. The zero-order valence-electron chi connectivity index (χ0n) is 31.8. The second-order valence-corrected chi connectivity index (χ2v) is 13.8. The van der Waals surface area contributed by atoms with E-state index in [9.17, 15) is 18.1 Å². The lowest BCUT2D eigenvalue weighted by atomic mass is 9.99. The summed E-state index contributed by atoms with van der Waals surface area (Å²) in [5.41, 5.74) is 37.3. The van der Waals surface area contributed by atoms with Crippen molar-refractivity contribution in [2.45, 2.75) is 25.7 Å². The van der Waals surface area contributed by atoms with Crippen molar-refractivity contribution in [3.05, 3.63) is 114 Å². The molecule has 0 aliphatic rings. The van der Waals surface area contributed by atoms with Crippen LogP contribution in [0.25, 0.3) is 10.8 Å². The Morgan fingerprint density at radius 1 is 0.561 bits per heavy atom. The number of hydrogen-bond acceptors (Lipinski definition) is 16. The van der Waals surface area contributed by atoms with Crippen LogP contribution in [0.2, 0.25) is 0 Å². The van der Waals surface area contributed by atoms with Crippen LogP contribution in [-0.4, -0.2) is 32.2 Å². The quantitative estimate of drug-likeness (QED) is 0.0459. The molecule has 0 saturated heterocycles. The number of hydrogen-bond donors (Lipinski definition) is 7. The standard InChI is InChI=1S/C13H14N6.C13H14N4.C13H15N3O4S/c1-16-17-10-3-5-11(6-4-10)18-19-13-7-2-9(14)8-12(13)15;1-9-2-5-11(6-3-9)16-17-13-7-4-10(14)8-12(13)15;1-6-4-8-5-9(21(18,19)20)12(16-15-3)13(17)10(8)11(14)7(6)2/h2-8H,14-15H2,1H3;2-8H,14-15H2,1H3;4-5,17H,14H2,1-3H3,(H,18,19,20). The van der Waals surface area contributed by atoms with Crippen LogP contribution < -0.4 is 28.7 Å². The lowest BCUT2D eigenvalue weighted by molar-refractivity contribution is 0.472. The van der Waals surface area contributed by atoms with Gasteiger partial charge in [0.15, 0.2) is 5.75 Å². The number of aryl methyl sites for hydroxylation is 2. The fourth-order valence-electron chi connectivity index (χ4n) is 5.05. The lowest BCUT2D eigenvalue weighted by Gasteiger charge is -2.13. The van der Waals surface area contributed by atoms with Gasteiger partial charge in [-0.05, 0) is 116 Å². The fourth-order valence-corrected chi connectivity index (χ4v) is 5.71. The van der Waals surface area contributed by atoms with Crippen LogP contribution >= 0.6 is 0 Å². The second kappa shape index (κ2) is 18.8. The van der Waals surface area contributed by atoms with Gasteiger partial charge < -0.3 is 33.8 Å². The SMILES string of the molecule is CN=Nc1c(S(=O)(=O)O)cc2cc(C)c(C)c(N)c2c1O.CN=Nc1ccc(N=Nc2ccc(N)cc2N)cc1.Cc1ccc(N=Nc2ccc(N)cc2N)cc1. The summed E-state index contributed by atoms with van der Waals surface area (Å²) in [5, 5.41) is 42.0. The average molecular weight is 790 g/mol. The molecule has 0 aromatic heterocycles. The van der Waals surface area contributed by atoms with Gasteiger partial charge in [-0.2, -0.15) is 39.1 Å². The van der Waals surface area contributed by atoms with E-state index in [4.69, 9.17) is 28.7 Å². The van der Waals surface area contributed by atoms with E-state index in [0.717, 1.165) is 22.5 Å². The first-order chi connectivity index (χ1) is 27.0. The number of nitrogen functional groups attached to an aromatic ring is 5. The highest BCUT2D eigenvalue weighted by Gasteiger charge is 2.23. The maximum absolute atomic E-state index is 11.5. The molecule has 0 aliphatic carbocycles. The van der Waals surface area contributed by atoms with E-state index in [1.807, 2.05) is 50.2 Å². The topological polar surface area (TPSA) is 304 Å². The van der Waals surface area contributed by atoms with E-state index in [1.165, 1.54) is 18.7 Å². The van der Waals surface area contributed by atoms with Crippen molar-refractivity contribution in [1.82, 2.24) is 0 Å². The molecular formula is C39H43N13O4S. The van der Waals surface area contributed by atoms with Crippen LogP contribution in [0, 0.1) is 20.8 Å². The van der Waals surface area contributed by atoms with E-state index in [1.54, 1.807) is 68.6 Å². The first-order valence-corrected chi connectivity index (χ1v) is 18.4. The van der Waals surface area contributed by atoms with Crippen molar-refractivity contribution in [1.29, 1.82) is 0 Å². The Labute approximate surface area is 329 Å². The first kappa shape index (κ1) is 42.4. The highest BCUT2D eigenvalue weighted by Crippen LogP contribution is 2.44. The van der Waals surface area contributed by atoms with Crippen molar-refractivity contribution in [2.24, 2.45) is 40.9 Å². The van der Waals surface area contributed by atoms with E-state index in [2.05, 4.69) is 40.9 Å². The lowest BCUT2D eigenvalue weighted by Crippen LogP contribution is -2.01. The molecule has 0 aliphatic heterocycles. The summed E-state index contributed by atoms with van der Waals surface area (Å²) >= 11 is 0. The van der Waals surface area contributed by atoms with Gasteiger partial charge in [0.2, 0.25) is 0 Å². The molecule has 0 heterocycles. The zero-order chi connectivity index (χ0) is 41.9. The normalized spacial score (nSPS) is 11.6. The number of nitrogens with two attached hydrogens (primary N) is 5. The molecule has 18 heteroatoms. The number of azo groups is 4. The van der Waals surface area contributed by atoms with Crippen molar-refractivity contribution < 1.29 is 18.1 Å². The summed E-state index contributed by atoms with van der Waals surface area (Å²) in [6, 6.07) is 28.2. The molecule has 6 aromatic carbocycles. The van der Waals surface area contributed by atoms with E-state index < -0.39 is 20.8 Å². The minimum Gasteiger partial charge on any atom is -0.505 e. The van der Waals surface area contributed by atoms with Crippen molar-refractivity contribution in [3.63, 3.8) is 0 Å². The largest absolute Gasteiger partial charge is 0.505 e. The van der Waals surface area contributed by atoms with Crippen LogP contribution in [0.1, 0.15) is 16.7 Å². The van der Waals surface area contributed by atoms with Crippen LogP contribution in [0.3, 0.4) is 0 Å². The summed E-state index contributed by atoms with van der Waals surface area (Å²) < 4.78 is 32.2. The molecule has 57 heavy (non-hydrogen) atoms. The Morgan fingerprint density at radius 2 is 1.02 bits per heavy atom. The summed E-state index contributed by atoms with van der Waals surface area (Å²) in [6.45, 7) is 5.63. The summed E-state index contributed by atoms with van der Waals surface area (Å²) in [6.07, 6.45) is 0. The van der Waals surface area contributed by atoms with Crippen LogP contribution in [0.5, 0.6) is 5.75 Å². The number of anilines is 5. The van der Waals surface area contributed by atoms with Crippen LogP contribution in [0.15, 0.2) is 143 Å². The number of nitrogens with zero attached hydrogens (tertiary/aromatic N) is 8. The molecule has 6 rings (SSSR count). The van der Waals surface area contributed by atoms with Gasteiger partial charge in [0.05, 0.1) is 28.4 Å². The highest BCUT2D eigenvalue weighted by atomic mass is 32.2. The summed E-state index contributed by atoms with van der Waals surface area (Å²) in [5.74, 6) is -0.425. The molecule has 12 N–H and O–H groups in total. The Kier molecular flexibility index (Phi) is 14.0. The molecule has 6 aromatic rings. The minimum atomic E-state index is -4.56. The van der Waals surface area contributed by atoms with E-state index >= 15 is 0 Å². The third kappa shape index (κ3) is 11.4. The second-order valence-electron chi connectivity index (χ2n) is 12.4. The van der Waals surface area contributed by atoms with E-state index in [-0.39, 0.29) is 11.1 Å². The Bertz CT molecular complexity index is 2610. The first-order valence-electron chi connectivity index (χ1n) is 16.9. The van der Waals surface area contributed by atoms with Gasteiger partial charge in [-0.25, -0.2) is 0 Å². The molecule has 0 spiro atoms. The van der Waals surface area contributed by atoms with Gasteiger partial charge in [0.25, 0.3) is 10.1 Å². The average Bonchev–Trinajstić information content (AvgIpc) is 3.16. The predicted octanol–water partition coefficient (Wildman–Crippen LogP) is 10.3. The third-order valence-corrected chi connectivity index (χ3v) is 9.00. The van der Waals surface area contributed by atoms with Gasteiger partial charge in [-0.3, -0.25) is 4.55 Å². The molecular weight excluding hydrogens is 747 g/mol. The number of phenolic OH excluding ortho intramolecular Hbond substituents is 1. The Balaban J connectivity index is 0.000000190. The Hall–Kier alpha value is -7.31. The summed E-state index contributed by atoms with van der Waals surface area (Å²) in [7, 11) is -1.62. The Morgan fingerprint density at radius 3 is 1.46 bits per heavy atom. The molecule has 0 atom stereocenters. The molecule has 0 unspecified atom stereocenters. The molecule has 0 fully saturated rings. The number of benzene rings is 6. The third-order valence-electron chi connectivity index (χ3n) is 8.13. The van der Waals surface area contributed by atoms with Crippen molar-refractivity contribution in [3.8, 4) is 5.75 Å². The predicted molar refractivity (Wildman–Crippen MR) is 227 cm³/mol. The van der Waals surface area contributed by atoms with Crippen molar-refractivity contribution >= 4 is 83.5 Å². The maximum atomic E-state index is 11.5. The summed E-state index contributed by atoms with van der Waals surface area (Å²) in [4.78, 5) is -0.513. The van der Waals surface area contributed by atoms with Crippen molar-refractivity contribution in [2.75, 3.05) is 42.8 Å². The number of aromatic hydroxyl groups is 1. The molecule has 17 nitrogen and oxygen atoms in total. The number of rotatable bonds is 7. The van der Waals surface area contributed by atoms with Gasteiger partial charge in [0, 0.05) is 36.5 Å². The van der Waals surface area contributed by atoms with Gasteiger partial charge in [-0.1, -0.05) is 23.8 Å². The van der Waals surface area contributed by atoms with E-state index in [0.29, 0.717) is 50.9 Å². The van der Waals surface area contributed by atoms with Gasteiger partial charge in [-0.15, -0.1) is 10.2 Å². The molecule has 0 amide bonds. The van der Waals surface area contributed by atoms with Gasteiger partial charge >= 0.3 is 0 Å². The highest BCUT2D eigenvalue weighted by molar-refractivity contribution is 7.86. The fraction of sp³-hybridized carbons (Fsp3) is 0.128. The number of phenols is 1. The monoisotopic (exact) mass is 789 g/mol. The molecule has 0 saturated carbocycles. The molecule has 294 valence electrons. The smallest absolute Gasteiger partial charge is 0.296 e. The minimum absolute atomic E-state index is 0.285. The number of fused-ring (bicyclic) bond motifs is 1. The maximum Gasteiger partial charge on any atom is 0.296 e. The van der Waals surface area contributed by atoms with Gasteiger partial charge in [0.1, 0.15) is 22.0 Å². The molecule has 0 radical (unpaired) electrons. The van der Waals surface area contributed by atoms with Crippen LogP contribution in [0.4, 0.5) is 62.6 Å². The zero-order valence-corrected chi connectivity index (χ0v) is 32.6.